The van der Waals surface area contributed by atoms with Crippen molar-refractivity contribution < 1.29 is 9.90 Å². The largest absolute Gasteiger partial charge is 0.476 e. The fraction of sp³-hybridized carbons (Fsp3) is 0.500. The van der Waals surface area contributed by atoms with Gasteiger partial charge in [-0.15, -0.1) is 0 Å². The molecule has 5 heteroatoms. The average Bonchev–Trinajstić information content (AvgIpc) is 2.26. The number of rotatable bonds is 2. The predicted molar refractivity (Wildman–Crippen MR) is 52.0 cm³/mol. The van der Waals surface area contributed by atoms with Gasteiger partial charge in [0.05, 0.1) is 0 Å². The van der Waals surface area contributed by atoms with Crippen molar-refractivity contribution in [1.29, 1.82) is 0 Å². The first kappa shape index (κ1) is 10.2. The molecular formula is C8H11BrN2O2. The van der Waals surface area contributed by atoms with Crippen molar-refractivity contribution in [3.05, 3.63) is 16.1 Å². The number of hydrogen-bond acceptors (Lipinski definition) is 2. The van der Waals surface area contributed by atoms with Gasteiger partial charge >= 0.3 is 5.97 Å². The van der Waals surface area contributed by atoms with Crippen LogP contribution < -0.4 is 0 Å². The van der Waals surface area contributed by atoms with Crippen LogP contribution in [-0.2, 0) is 7.05 Å². The standard InChI is InChI=1S/C8H11BrN2O2/c1-4(2)7-10-6(9)5(8(12)13)11(7)3/h4H,1-3H3,(H,12,13). The Balaban J connectivity index is 3.30. The Morgan fingerprint density at radius 2 is 2.15 bits per heavy atom. The van der Waals surface area contributed by atoms with Gasteiger partial charge in [0.2, 0.25) is 0 Å². The molecule has 4 nitrogen and oxygen atoms in total. The average molecular weight is 247 g/mol. The van der Waals surface area contributed by atoms with Crippen LogP contribution in [0.3, 0.4) is 0 Å². The molecule has 0 aliphatic rings. The third-order valence-corrected chi connectivity index (χ3v) is 2.36. The van der Waals surface area contributed by atoms with E-state index in [-0.39, 0.29) is 11.6 Å². The van der Waals surface area contributed by atoms with Gasteiger partial charge in [-0.3, -0.25) is 0 Å². The lowest BCUT2D eigenvalue weighted by Crippen LogP contribution is -2.08. The highest BCUT2D eigenvalue weighted by atomic mass is 79.9. The minimum atomic E-state index is -0.964. The van der Waals surface area contributed by atoms with Gasteiger partial charge in [0, 0.05) is 13.0 Å². The van der Waals surface area contributed by atoms with Crippen LogP contribution in [-0.4, -0.2) is 20.6 Å². The summed E-state index contributed by atoms with van der Waals surface area (Å²) < 4.78 is 1.99. The van der Waals surface area contributed by atoms with Gasteiger partial charge in [-0.05, 0) is 15.9 Å². The van der Waals surface area contributed by atoms with E-state index in [1.54, 1.807) is 11.6 Å². The van der Waals surface area contributed by atoms with Gasteiger partial charge in [0.25, 0.3) is 0 Å². The van der Waals surface area contributed by atoms with E-state index in [9.17, 15) is 4.79 Å². The van der Waals surface area contributed by atoms with E-state index in [0.29, 0.717) is 4.60 Å². The molecule has 0 aliphatic carbocycles. The second-order valence-corrected chi connectivity index (χ2v) is 3.88. The maximum Gasteiger partial charge on any atom is 0.355 e. The zero-order chi connectivity index (χ0) is 10.2. The molecule has 0 amide bonds. The van der Waals surface area contributed by atoms with Gasteiger partial charge in [0.1, 0.15) is 10.4 Å². The molecule has 1 aromatic rings. The molecule has 0 aromatic carbocycles. The highest BCUT2D eigenvalue weighted by Crippen LogP contribution is 2.21. The van der Waals surface area contributed by atoms with Crippen molar-refractivity contribution >= 4 is 21.9 Å². The topological polar surface area (TPSA) is 55.1 Å². The Morgan fingerprint density at radius 3 is 2.38 bits per heavy atom. The molecule has 0 atom stereocenters. The molecule has 1 rings (SSSR count). The molecule has 0 saturated heterocycles. The predicted octanol–water partition coefficient (Wildman–Crippen LogP) is 2.00. The van der Waals surface area contributed by atoms with Crippen LogP contribution in [0.4, 0.5) is 0 Å². The number of aromatic carboxylic acids is 1. The van der Waals surface area contributed by atoms with Gasteiger partial charge in [-0.2, -0.15) is 0 Å². The fourth-order valence-electron chi connectivity index (χ4n) is 1.23. The summed E-state index contributed by atoms with van der Waals surface area (Å²) in [5, 5.41) is 8.85. The first-order valence-corrected chi connectivity index (χ1v) is 4.69. The van der Waals surface area contributed by atoms with E-state index in [4.69, 9.17) is 5.11 Å². The lowest BCUT2D eigenvalue weighted by molar-refractivity contribution is 0.0685. The van der Waals surface area contributed by atoms with Crippen LogP contribution >= 0.6 is 15.9 Å². The molecule has 0 radical (unpaired) electrons. The van der Waals surface area contributed by atoms with Crippen molar-refractivity contribution in [3.8, 4) is 0 Å². The number of imidazole rings is 1. The summed E-state index contributed by atoms with van der Waals surface area (Å²) in [6.07, 6.45) is 0. The number of carbonyl (C=O) groups is 1. The van der Waals surface area contributed by atoms with Crippen LogP contribution in [0.15, 0.2) is 4.60 Å². The molecule has 1 heterocycles. The number of aromatic nitrogens is 2. The quantitative estimate of drug-likeness (QED) is 0.869. The van der Waals surface area contributed by atoms with Crippen molar-refractivity contribution in [3.63, 3.8) is 0 Å². The molecule has 0 saturated carbocycles. The Kier molecular flexibility index (Phi) is 2.75. The Morgan fingerprint density at radius 1 is 1.62 bits per heavy atom. The van der Waals surface area contributed by atoms with Crippen molar-refractivity contribution in [2.75, 3.05) is 0 Å². The molecule has 0 spiro atoms. The summed E-state index contributed by atoms with van der Waals surface area (Å²) in [7, 11) is 1.70. The number of halogens is 1. The molecule has 0 aliphatic heterocycles. The highest BCUT2D eigenvalue weighted by molar-refractivity contribution is 9.10. The third-order valence-electron chi connectivity index (χ3n) is 1.81. The van der Waals surface area contributed by atoms with Crippen LogP contribution in [0.1, 0.15) is 36.1 Å². The van der Waals surface area contributed by atoms with Crippen LogP contribution in [0.5, 0.6) is 0 Å². The normalized spacial score (nSPS) is 10.8. The van der Waals surface area contributed by atoms with E-state index in [1.807, 2.05) is 13.8 Å². The lowest BCUT2D eigenvalue weighted by atomic mass is 10.2. The molecule has 1 aromatic heterocycles. The first-order valence-electron chi connectivity index (χ1n) is 3.90. The Hall–Kier alpha value is -0.840. The smallest absolute Gasteiger partial charge is 0.355 e. The summed E-state index contributed by atoms with van der Waals surface area (Å²) in [4.78, 5) is 14.9. The zero-order valence-corrected chi connectivity index (χ0v) is 9.29. The van der Waals surface area contributed by atoms with E-state index in [0.717, 1.165) is 5.82 Å². The van der Waals surface area contributed by atoms with Gasteiger partial charge < -0.3 is 9.67 Å². The SMILES string of the molecule is CC(C)c1nc(Br)c(C(=O)O)n1C. The zero-order valence-electron chi connectivity index (χ0n) is 7.71. The summed E-state index contributed by atoms with van der Waals surface area (Å²) in [6, 6.07) is 0. The molecule has 0 bridgehead atoms. The summed E-state index contributed by atoms with van der Waals surface area (Å²) in [6.45, 7) is 3.95. The maximum absolute atomic E-state index is 10.8. The van der Waals surface area contributed by atoms with Crippen molar-refractivity contribution in [2.24, 2.45) is 7.05 Å². The van der Waals surface area contributed by atoms with Crippen LogP contribution in [0, 0.1) is 0 Å². The minimum absolute atomic E-state index is 0.198. The molecule has 0 fully saturated rings. The first-order chi connectivity index (χ1) is 5.95. The number of hydrogen-bond donors (Lipinski definition) is 1. The molecule has 13 heavy (non-hydrogen) atoms. The number of nitrogens with zero attached hydrogens (tertiary/aromatic N) is 2. The van der Waals surface area contributed by atoms with Crippen LogP contribution in [0.25, 0.3) is 0 Å². The Labute approximate surface area is 84.7 Å². The number of carboxylic acid groups (broad SMARTS) is 1. The van der Waals surface area contributed by atoms with Gasteiger partial charge in [0.15, 0.2) is 5.69 Å². The molecule has 1 N–H and O–H groups in total. The fourth-order valence-corrected chi connectivity index (χ4v) is 1.85. The minimum Gasteiger partial charge on any atom is -0.476 e. The summed E-state index contributed by atoms with van der Waals surface area (Å²) in [5.74, 6) is 0.0208. The number of carboxylic acids is 1. The van der Waals surface area contributed by atoms with Crippen LogP contribution in [0.2, 0.25) is 0 Å². The Bertz CT molecular complexity index is 344. The highest BCUT2D eigenvalue weighted by Gasteiger charge is 2.19. The summed E-state index contributed by atoms with van der Waals surface area (Å²) >= 11 is 3.12. The molecular weight excluding hydrogens is 236 g/mol. The second kappa shape index (κ2) is 3.49. The van der Waals surface area contributed by atoms with Gasteiger partial charge in [-0.25, -0.2) is 9.78 Å². The summed E-state index contributed by atoms with van der Waals surface area (Å²) in [5.41, 5.74) is 0.198. The monoisotopic (exact) mass is 246 g/mol. The lowest BCUT2D eigenvalue weighted by Gasteiger charge is -2.04. The van der Waals surface area contributed by atoms with Gasteiger partial charge in [-0.1, -0.05) is 13.8 Å². The van der Waals surface area contributed by atoms with Crippen molar-refractivity contribution in [1.82, 2.24) is 9.55 Å². The second-order valence-electron chi connectivity index (χ2n) is 3.13. The third kappa shape index (κ3) is 1.75. The van der Waals surface area contributed by atoms with E-state index in [2.05, 4.69) is 20.9 Å². The molecule has 0 unspecified atom stereocenters. The molecule has 72 valence electrons. The van der Waals surface area contributed by atoms with E-state index in [1.165, 1.54) is 0 Å². The van der Waals surface area contributed by atoms with E-state index < -0.39 is 5.97 Å². The van der Waals surface area contributed by atoms with E-state index >= 15 is 0 Å². The maximum atomic E-state index is 10.8. The van der Waals surface area contributed by atoms with Crippen molar-refractivity contribution in [2.45, 2.75) is 19.8 Å².